The van der Waals surface area contributed by atoms with Crippen LogP contribution in [0.4, 0.5) is 9.52 Å². The Kier molecular flexibility index (Phi) is 8.57. The monoisotopic (exact) mass is 575 g/mol. The lowest BCUT2D eigenvalue weighted by Crippen LogP contribution is -2.29. The number of aromatic nitrogens is 2. The molecule has 1 fully saturated rings. The van der Waals surface area contributed by atoms with Crippen LogP contribution in [0.1, 0.15) is 42.5 Å². The number of benzene rings is 3. The van der Waals surface area contributed by atoms with E-state index in [9.17, 15) is 14.7 Å². The van der Waals surface area contributed by atoms with E-state index in [4.69, 9.17) is 4.74 Å². The molecule has 1 amide bonds. The van der Waals surface area contributed by atoms with E-state index in [0.29, 0.717) is 28.0 Å². The smallest absolute Gasteiger partial charge is 0.301 e. The first kappa shape index (κ1) is 27.5. The number of halogens is 1. The zero-order valence-corrected chi connectivity index (χ0v) is 23.3. The number of carbonyl (C=O) groups excluding carboxylic acids is 2. The Morgan fingerprint density at radius 3 is 2.48 bits per heavy atom. The average Bonchev–Trinajstić information content (AvgIpc) is 3.55. The quantitative estimate of drug-likeness (QED) is 0.0557. The summed E-state index contributed by atoms with van der Waals surface area (Å²) < 4.78 is 21.4. The lowest BCUT2D eigenvalue weighted by molar-refractivity contribution is -0.132. The molecule has 10 heteroatoms. The first-order chi connectivity index (χ1) is 19.5. The predicted molar refractivity (Wildman–Crippen MR) is 154 cm³/mol. The lowest BCUT2D eigenvalue weighted by Gasteiger charge is -2.22. The molecule has 0 bridgehead atoms. The van der Waals surface area contributed by atoms with Crippen molar-refractivity contribution in [3.05, 3.63) is 107 Å². The van der Waals surface area contributed by atoms with Gasteiger partial charge in [-0.05, 0) is 42.3 Å². The number of hydrogen-bond acceptors (Lipinski definition) is 8. The van der Waals surface area contributed by atoms with Crippen LogP contribution in [-0.4, -0.2) is 33.6 Å². The normalized spacial score (nSPS) is 16.4. The molecule has 0 spiro atoms. The van der Waals surface area contributed by atoms with Crippen molar-refractivity contribution in [2.75, 3.05) is 11.5 Å². The van der Waals surface area contributed by atoms with E-state index in [2.05, 4.69) is 17.1 Å². The molecule has 1 saturated heterocycles. The highest BCUT2D eigenvalue weighted by atomic mass is 32.2. The standard InChI is InChI=1S/C30H26FN3O4S2/c1-2-3-17-38-21-15-13-20(14-16-21)26(35)24-25(22-11-7-8-12-23(22)31)34(28(37)27(24)36)29-32-33-30(40-29)39-18-19-9-5-4-6-10-19/h4-16,25,35H,2-3,17-18H2,1H3/t25-/m0/s1. The fourth-order valence-electron chi connectivity index (χ4n) is 4.30. The molecule has 5 rings (SSSR count). The molecule has 0 aliphatic carbocycles. The van der Waals surface area contributed by atoms with Crippen LogP contribution in [0.15, 0.2) is 88.8 Å². The number of hydrogen-bond donors (Lipinski definition) is 1. The van der Waals surface area contributed by atoms with Crippen molar-refractivity contribution >= 4 is 45.7 Å². The summed E-state index contributed by atoms with van der Waals surface area (Å²) in [5.41, 5.74) is 1.25. The molecule has 0 saturated carbocycles. The van der Waals surface area contributed by atoms with Gasteiger partial charge in [0, 0.05) is 16.9 Å². The third-order valence-corrected chi connectivity index (χ3v) is 8.47. The van der Waals surface area contributed by atoms with Crippen molar-refractivity contribution in [3.63, 3.8) is 0 Å². The Hall–Kier alpha value is -4.02. The molecular formula is C30H26FN3O4S2. The van der Waals surface area contributed by atoms with Crippen LogP contribution in [0.3, 0.4) is 0 Å². The maximum Gasteiger partial charge on any atom is 0.301 e. The summed E-state index contributed by atoms with van der Waals surface area (Å²) in [6, 6.07) is 21.0. The van der Waals surface area contributed by atoms with Crippen molar-refractivity contribution < 1.29 is 23.8 Å². The molecule has 1 aliphatic rings. The summed E-state index contributed by atoms with van der Waals surface area (Å²) in [7, 11) is 0. The van der Waals surface area contributed by atoms with E-state index in [-0.39, 0.29) is 16.3 Å². The molecule has 7 nitrogen and oxygen atoms in total. The summed E-state index contributed by atoms with van der Waals surface area (Å²) in [4.78, 5) is 27.8. The number of nitrogens with zero attached hydrogens (tertiary/aromatic N) is 3. The molecule has 1 N–H and O–H groups in total. The van der Waals surface area contributed by atoms with Crippen LogP contribution in [0.25, 0.3) is 5.76 Å². The number of rotatable bonds is 10. The van der Waals surface area contributed by atoms with Gasteiger partial charge in [0.2, 0.25) is 5.13 Å². The van der Waals surface area contributed by atoms with E-state index < -0.39 is 29.3 Å². The number of thioether (sulfide) groups is 1. The zero-order valence-electron chi connectivity index (χ0n) is 21.6. The fourth-order valence-corrected chi connectivity index (χ4v) is 6.12. The number of carbonyl (C=O) groups is 2. The summed E-state index contributed by atoms with van der Waals surface area (Å²) >= 11 is 2.57. The summed E-state index contributed by atoms with van der Waals surface area (Å²) in [6.45, 7) is 2.63. The van der Waals surface area contributed by atoms with E-state index in [0.717, 1.165) is 34.6 Å². The minimum Gasteiger partial charge on any atom is -0.507 e. The van der Waals surface area contributed by atoms with Gasteiger partial charge in [0.15, 0.2) is 4.34 Å². The lowest BCUT2D eigenvalue weighted by atomic mass is 9.95. The third kappa shape index (κ3) is 5.78. The molecular weight excluding hydrogens is 549 g/mol. The predicted octanol–water partition coefficient (Wildman–Crippen LogP) is 6.77. The molecule has 1 aromatic heterocycles. The SMILES string of the molecule is CCCCOc1ccc(C(O)=C2C(=O)C(=O)N(c3nnc(SCc4ccccc4)s3)[C@H]2c2ccccc2F)cc1. The number of aliphatic hydroxyl groups excluding tert-OH is 1. The molecule has 1 atom stereocenters. The van der Waals surface area contributed by atoms with Crippen LogP contribution in [0.2, 0.25) is 0 Å². The van der Waals surface area contributed by atoms with Gasteiger partial charge < -0.3 is 9.84 Å². The first-order valence-corrected chi connectivity index (χ1v) is 14.6. The van der Waals surface area contributed by atoms with Gasteiger partial charge in [0.1, 0.15) is 23.4 Å². The van der Waals surface area contributed by atoms with Gasteiger partial charge in [-0.3, -0.25) is 14.5 Å². The number of aliphatic hydroxyl groups is 1. The number of anilines is 1. The van der Waals surface area contributed by atoms with Crippen molar-refractivity contribution in [3.8, 4) is 5.75 Å². The van der Waals surface area contributed by atoms with Gasteiger partial charge in [-0.15, -0.1) is 10.2 Å². The summed E-state index contributed by atoms with van der Waals surface area (Å²) in [5.74, 6) is -1.60. The highest BCUT2D eigenvalue weighted by Gasteiger charge is 2.49. The molecule has 0 radical (unpaired) electrons. The minimum atomic E-state index is -1.22. The second kappa shape index (κ2) is 12.4. The van der Waals surface area contributed by atoms with Crippen molar-refractivity contribution in [2.45, 2.75) is 35.9 Å². The number of unbranched alkanes of at least 4 members (excludes halogenated alkanes) is 1. The van der Waals surface area contributed by atoms with Crippen LogP contribution >= 0.6 is 23.1 Å². The number of ether oxygens (including phenoxy) is 1. The molecule has 1 aliphatic heterocycles. The van der Waals surface area contributed by atoms with Crippen molar-refractivity contribution in [2.24, 2.45) is 0 Å². The first-order valence-electron chi connectivity index (χ1n) is 12.8. The highest BCUT2D eigenvalue weighted by molar-refractivity contribution is 8.00. The van der Waals surface area contributed by atoms with Crippen LogP contribution < -0.4 is 9.64 Å². The summed E-state index contributed by atoms with van der Waals surface area (Å²) in [6.07, 6.45) is 1.91. The number of ketones is 1. The average molecular weight is 576 g/mol. The van der Waals surface area contributed by atoms with Gasteiger partial charge in [-0.1, -0.05) is 85.0 Å². The Labute approximate surface area is 239 Å². The Bertz CT molecular complexity index is 1540. The second-order valence-electron chi connectivity index (χ2n) is 9.04. The third-order valence-electron chi connectivity index (χ3n) is 6.35. The van der Waals surface area contributed by atoms with Gasteiger partial charge in [-0.2, -0.15) is 0 Å². The molecule has 40 heavy (non-hydrogen) atoms. The Morgan fingerprint density at radius 1 is 1.02 bits per heavy atom. The van der Waals surface area contributed by atoms with Gasteiger partial charge in [0.05, 0.1) is 12.2 Å². The van der Waals surface area contributed by atoms with Crippen molar-refractivity contribution in [1.29, 1.82) is 0 Å². The second-order valence-corrected chi connectivity index (χ2v) is 11.2. The van der Waals surface area contributed by atoms with Crippen LogP contribution in [-0.2, 0) is 15.3 Å². The maximum atomic E-state index is 15.1. The zero-order chi connectivity index (χ0) is 28.1. The van der Waals surface area contributed by atoms with E-state index >= 15 is 4.39 Å². The minimum absolute atomic E-state index is 0.0662. The molecule has 2 heterocycles. The highest BCUT2D eigenvalue weighted by Crippen LogP contribution is 2.44. The molecule has 204 valence electrons. The fraction of sp³-hybridized carbons (Fsp3) is 0.200. The van der Waals surface area contributed by atoms with Gasteiger partial charge in [-0.25, -0.2) is 4.39 Å². The van der Waals surface area contributed by atoms with E-state index in [1.165, 1.54) is 30.0 Å². The summed E-state index contributed by atoms with van der Waals surface area (Å²) in [5, 5.41) is 19.8. The Morgan fingerprint density at radius 2 is 1.75 bits per heavy atom. The van der Waals surface area contributed by atoms with Crippen LogP contribution in [0, 0.1) is 5.82 Å². The van der Waals surface area contributed by atoms with E-state index in [1.807, 2.05) is 30.3 Å². The largest absolute Gasteiger partial charge is 0.507 e. The Balaban J connectivity index is 1.50. The molecule has 4 aromatic rings. The molecule has 0 unspecified atom stereocenters. The van der Waals surface area contributed by atoms with E-state index in [1.54, 1.807) is 30.3 Å². The number of amides is 1. The topological polar surface area (TPSA) is 92.6 Å². The number of Topliss-reactive ketones (excluding diaryl/α,β-unsaturated/α-hetero) is 1. The molecule has 3 aromatic carbocycles. The van der Waals surface area contributed by atoms with Gasteiger partial charge >= 0.3 is 5.91 Å². The van der Waals surface area contributed by atoms with Crippen LogP contribution in [0.5, 0.6) is 5.75 Å². The maximum absolute atomic E-state index is 15.1. The van der Waals surface area contributed by atoms with Crippen molar-refractivity contribution in [1.82, 2.24) is 10.2 Å². The van der Waals surface area contributed by atoms with Gasteiger partial charge in [0.25, 0.3) is 5.78 Å².